The number of aromatic nitrogens is 3. The predicted octanol–water partition coefficient (Wildman–Crippen LogP) is 4.24. The minimum Gasteiger partial charge on any atom is -0.396 e. The van der Waals surface area contributed by atoms with Crippen molar-refractivity contribution in [3.8, 4) is 17.3 Å². The summed E-state index contributed by atoms with van der Waals surface area (Å²) >= 11 is 0. The summed E-state index contributed by atoms with van der Waals surface area (Å²) in [6.45, 7) is 2.13. The van der Waals surface area contributed by atoms with Crippen LogP contribution < -0.4 is 10.2 Å². The maximum Gasteiger partial charge on any atom is 0.132 e. The molecule has 2 aliphatic rings. The predicted molar refractivity (Wildman–Crippen MR) is 124 cm³/mol. The molecule has 4 heterocycles. The van der Waals surface area contributed by atoms with E-state index in [4.69, 9.17) is 15.2 Å². The molecule has 3 aromatic rings. The summed E-state index contributed by atoms with van der Waals surface area (Å²) in [7, 11) is 0. The lowest BCUT2D eigenvalue weighted by Gasteiger charge is -2.32. The first kappa shape index (κ1) is 20.4. The lowest BCUT2D eigenvalue weighted by Crippen LogP contribution is -2.35. The van der Waals surface area contributed by atoms with Crippen LogP contribution in [-0.4, -0.2) is 39.8 Å². The second-order valence-corrected chi connectivity index (χ2v) is 8.63. The number of anilines is 3. The zero-order chi connectivity index (χ0) is 21.9. The standard InChI is InChI=1S/C25H26N6O/c26-14-18-5-8-27-23(11-18)30-24-13-21(19-1-2-19)12-22(29-24)20-3-4-25(28-15-20)31-9-6-17(16-32)7-10-31/h3-5,8,11-13,15,17,19,32H,1-2,6-7,9-10,16H2,(H,27,29,30). The van der Waals surface area contributed by atoms with Crippen molar-refractivity contribution in [1.29, 1.82) is 5.26 Å². The van der Waals surface area contributed by atoms with Crippen molar-refractivity contribution in [2.45, 2.75) is 31.6 Å². The second-order valence-electron chi connectivity index (χ2n) is 8.63. The Morgan fingerprint density at radius 2 is 1.88 bits per heavy atom. The first-order chi connectivity index (χ1) is 15.7. The number of rotatable bonds is 6. The average molecular weight is 427 g/mol. The molecule has 2 fully saturated rings. The average Bonchev–Trinajstić information content (AvgIpc) is 3.70. The molecular formula is C25H26N6O. The maximum absolute atomic E-state index is 9.35. The van der Waals surface area contributed by atoms with Crippen LogP contribution in [0.25, 0.3) is 11.3 Å². The highest BCUT2D eigenvalue weighted by Crippen LogP contribution is 2.42. The molecule has 0 atom stereocenters. The van der Waals surface area contributed by atoms with E-state index in [9.17, 15) is 5.11 Å². The fraction of sp³-hybridized carbons (Fsp3) is 0.360. The van der Waals surface area contributed by atoms with Crippen LogP contribution in [0.2, 0.25) is 0 Å². The molecule has 1 aliphatic heterocycles. The Balaban J connectivity index is 1.38. The maximum atomic E-state index is 9.35. The molecule has 162 valence electrons. The summed E-state index contributed by atoms with van der Waals surface area (Å²) in [5.41, 5.74) is 3.68. The van der Waals surface area contributed by atoms with Gasteiger partial charge in [0.25, 0.3) is 0 Å². The third kappa shape index (κ3) is 4.56. The Kier molecular flexibility index (Phi) is 5.70. The normalized spacial score (nSPS) is 16.6. The molecule has 0 radical (unpaired) electrons. The number of hydrogen-bond donors (Lipinski definition) is 2. The Morgan fingerprint density at radius 1 is 1.03 bits per heavy atom. The van der Waals surface area contributed by atoms with Crippen molar-refractivity contribution in [2.24, 2.45) is 5.92 Å². The van der Waals surface area contributed by atoms with E-state index in [1.807, 2.05) is 6.20 Å². The minimum atomic E-state index is 0.274. The summed E-state index contributed by atoms with van der Waals surface area (Å²) in [6.07, 6.45) is 7.92. The van der Waals surface area contributed by atoms with Crippen LogP contribution >= 0.6 is 0 Å². The van der Waals surface area contributed by atoms with Crippen LogP contribution in [0, 0.1) is 17.2 Å². The zero-order valence-corrected chi connectivity index (χ0v) is 17.9. The summed E-state index contributed by atoms with van der Waals surface area (Å²) in [6, 6.07) is 13.9. The van der Waals surface area contributed by atoms with Crippen LogP contribution in [0.5, 0.6) is 0 Å². The highest BCUT2D eigenvalue weighted by Gasteiger charge is 2.25. The van der Waals surface area contributed by atoms with Gasteiger partial charge in [-0.15, -0.1) is 0 Å². The quantitative estimate of drug-likeness (QED) is 0.608. The minimum absolute atomic E-state index is 0.274. The van der Waals surface area contributed by atoms with Gasteiger partial charge < -0.3 is 15.3 Å². The molecule has 1 saturated carbocycles. The molecule has 1 aliphatic carbocycles. The van der Waals surface area contributed by atoms with Gasteiger partial charge in [0.2, 0.25) is 0 Å². The van der Waals surface area contributed by atoms with Gasteiger partial charge in [-0.25, -0.2) is 15.0 Å². The van der Waals surface area contributed by atoms with Gasteiger partial charge in [0.05, 0.1) is 17.3 Å². The molecule has 0 unspecified atom stereocenters. The van der Waals surface area contributed by atoms with Crippen LogP contribution in [0.1, 0.15) is 42.7 Å². The Bertz CT molecular complexity index is 1130. The number of aliphatic hydroxyl groups excluding tert-OH is 1. The number of piperidine rings is 1. The number of nitrogens with one attached hydrogen (secondary N) is 1. The third-order valence-corrected chi connectivity index (χ3v) is 6.28. The number of aliphatic hydroxyl groups is 1. The van der Waals surface area contributed by atoms with Crippen LogP contribution in [0.15, 0.2) is 48.8 Å². The molecule has 7 heteroatoms. The monoisotopic (exact) mass is 426 g/mol. The molecule has 5 rings (SSSR count). The summed E-state index contributed by atoms with van der Waals surface area (Å²) < 4.78 is 0. The molecule has 2 N–H and O–H groups in total. The summed E-state index contributed by atoms with van der Waals surface area (Å²) in [5.74, 6) is 3.29. The molecular weight excluding hydrogens is 400 g/mol. The highest BCUT2D eigenvalue weighted by molar-refractivity contribution is 5.66. The van der Waals surface area contributed by atoms with Crippen molar-refractivity contribution in [1.82, 2.24) is 15.0 Å². The largest absolute Gasteiger partial charge is 0.396 e. The topological polar surface area (TPSA) is 98.0 Å². The summed E-state index contributed by atoms with van der Waals surface area (Å²) in [4.78, 5) is 16.1. The first-order valence-electron chi connectivity index (χ1n) is 11.2. The fourth-order valence-electron chi connectivity index (χ4n) is 4.18. The molecule has 0 bridgehead atoms. The van der Waals surface area contributed by atoms with E-state index < -0.39 is 0 Å². The third-order valence-electron chi connectivity index (χ3n) is 6.28. The van der Waals surface area contributed by atoms with E-state index in [2.05, 4.69) is 45.5 Å². The van der Waals surface area contributed by atoms with Gasteiger partial charge in [0.1, 0.15) is 17.5 Å². The smallest absolute Gasteiger partial charge is 0.132 e. The lowest BCUT2D eigenvalue weighted by atomic mass is 9.98. The number of hydrogen-bond acceptors (Lipinski definition) is 7. The van der Waals surface area contributed by atoms with Gasteiger partial charge >= 0.3 is 0 Å². The Labute approximate surface area is 187 Å². The number of pyridine rings is 3. The van der Waals surface area contributed by atoms with Gasteiger partial charge in [-0.05, 0) is 79.5 Å². The van der Waals surface area contributed by atoms with Crippen LogP contribution in [0.3, 0.4) is 0 Å². The number of nitriles is 1. The van der Waals surface area contributed by atoms with Gasteiger partial charge in [-0.3, -0.25) is 0 Å². The van der Waals surface area contributed by atoms with Crippen LogP contribution in [0.4, 0.5) is 17.5 Å². The van der Waals surface area contributed by atoms with Crippen molar-refractivity contribution >= 4 is 17.5 Å². The molecule has 0 spiro atoms. The van der Waals surface area contributed by atoms with Crippen molar-refractivity contribution in [3.63, 3.8) is 0 Å². The molecule has 0 amide bonds. The summed E-state index contributed by atoms with van der Waals surface area (Å²) in [5, 5.41) is 21.8. The number of nitrogens with zero attached hydrogens (tertiary/aromatic N) is 5. The SMILES string of the molecule is N#Cc1ccnc(Nc2cc(C3CC3)cc(-c3ccc(N4CCC(CO)CC4)nc3)n2)c1. The highest BCUT2D eigenvalue weighted by atomic mass is 16.3. The van der Waals surface area contributed by atoms with E-state index in [1.165, 1.54) is 18.4 Å². The molecule has 7 nitrogen and oxygen atoms in total. The second kappa shape index (κ2) is 8.93. The van der Waals surface area contributed by atoms with E-state index in [1.54, 1.807) is 18.3 Å². The molecule has 32 heavy (non-hydrogen) atoms. The lowest BCUT2D eigenvalue weighted by molar-refractivity contribution is 0.203. The van der Waals surface area contributed by atoms with Crippen molar-refractivity contribution < 1.29 is 5.11 Å². The van der Waals surface area contributed by atoms with Gasteiger partial charge in [-0.1, -0.05) is 0 Å². The van der Waals surface area contributed by atoms with Crippen LogP contribution in [-0.2, 0) is 0 Å². The molecule has 3 aromatic heterocycles. The van der Waals surface area contributed by atoms with E-state index in [-0.39, 0.29) is 6.61 Å². The van der Waals surface area contributed by atoms with Gasteiger partial charge in [-0.2, -0.15) is 5.26 Å². The fourth-order valence-corrected chi connectivity index (χ4v) is 4.18. The first-order valence-corrected chi connectivity index (χ1v) is 11.2. The molecule has 0 aromatic carbocycles. The van der Waals surface area contributed by atoms with E-state index >= 15 is 0 Å². The molecule has 1 saturated heterocycles. The van der Waals surface area contributed by atoms with E-state index in [0.29, 0.717) is 23.2 Å². The Morgan fingerprint density at radius 3 is 2.56 bits per heavy atom. The van der Waals surface area contributed by atoms with E-state index in [0.717, 1.165) is 48.8 Å². The van der Waals surface area contributed by atoms with Gasteiger partial charge in [0, 0.05) is 37.7 Å². The zero-order valence-electron chi connectivity index (χ0n) is 17.9. The van der Waals surface area contributed by atoms with Crippen molar-refractivity contribution in [3.05, 3.63) is 59.9 Å². The van der Waals surface area contributed by atoms with Gasteiger partial charge in [0.15, 0.2) is 0 Å². The van der Waals surface area contributed by atoms with Crippen molar-refractivity contribution in [2.75, 3.05) is 29.9 Å². The Hall–Kier alpha value is -3.50.